The van der Waals surface area contributed by atoms with Crippen LogP contribution in [0.2, 0.25) is 0 Å². The molecule has 0 N–H and O–H groups in total. The lowest BCUT2D eigenvalue weighted by Gasteiger charge is -2.17. The molecular weight excluding hydrogens is 284 g/mol. The van der Waals surface area contributed by atoms with Crippen molar-refractivity contribution in [2.24, 2.45) is 23.7 Å². The summed E-state index contributed by atoms with van der Waals surface area (Å²) in [5.41, 5.74) is 0.743. The molecule has 1 saturated carbocycles. The Bertz CT molecular complexity index is 725. The van der Waals surface area contributed by atoms with Crippen molar-refractivity contribution in [3.8, 4) is 0 Å². The lowest BCUT2D eigenvalue weighted by Crippen LogP contribution is -2.32. The lowest BCUT2D eigenvalue weighted by molar-refractivity contribution is -0.385. The number of anilines is 1. The summed E-state index contributed by atoms with van der Waals surface area (Å²) in [4.78, 5) is 37.0. The molecule has 1 heterocycles. The van der Waals surface area contributed by atoms with E-state index in [0.717, 1.165) is 11.3 Å². The van der Waals surface area contributed by atoms with Gasteiger partial charge in [-0.25, -0.2) is 4.90 Å². The highest BCUT2D eigenvalue weighted by Gasteiger charge is 2.59. The Hall–Kier alpha value is -2.50. The SMILES string of the molecule is Cc1ccc(N2C(=O)[C@@H]3[C@@H](C2=O)[C@@H]2C=C[C@@H]3C2)cc1[N+](=O)[O-]. The second-order valence-corrected chi connectivity index (χ2v) is 6.24. The number of allylic oxidation sites excluding steroid dienone is 2. The largest absolute Gasteiger partial charge is 0.274 e. The number of fused-ring (bicyclic) bond motifs is 5. The molecule has 2 amide bonds. The van der Waals surface area contributed by atoms with Crippen molar-refractivity contribution in [3.05, 3.63) is 46.0 Å². The van der Waals surface area contributed by atoms with E-state index in [4.69, 9.17) is 0 Å². The number of nitro benzene ring substituents is 1. The number of hydrogen-bond donors (Lipinski definition) is 0. The summed E-state index contributed by atoms with van der Waals surface area (Å²) < 4.78 is 0. The van der Waals surface area contributed by atoms with E-state index in [1.54, 1.807) is 19.1 Å². The van der Waals surface area contributed by atoms with Gasteiger partial charge < -0.3 is 0 Å². The number of imide groups is 1. The maximum absolute atomic E-state index is 12.7. The molecule has 1 aliphatic heterocycles. The molecule has 2 bridgehead atoms. The Morgan fingerprint density at radius 3 is 2.27 bits per heavy atom. The topological polar surface area (TPSA) is 80.5 Å². The van der Waals surface area contributed by atoms with Crippen LogP contribution >= 0.6 is 0 Å². The quantitative estimate of drug-likeness (QED) is 0.363. The molecule has 0 unspecified atom stereocenters. The maximum Gasteiger partial charge on any atom is 0.274 e. The zero-order chi connectivity index (χ0) is 15.6. The van der Waals surface area contributed by atoms with Gasteiger partial charge in [0.15, 0.2) is 0 Å². The highest BCUT2D eigenvalue weighted by molar-refractivity contribution is 6.22. The zero-order valence-electron chi connectivity index (χ0n) is 11.9. The first-order valence-electron chi connectivity index (χ1n) is 7.30. The lowest BCUT2D eigenvalue weighted by atomic mass is 9.85. The minimum atomic E-state index is -0.490. The first kappa shape index (κ1) is 13.2. The van der Waals surface area contributed by atoms with E-state index < -0.39 is 4.92 Å². The number of benzene rings is 1. The Labute approximate surface area is 126 Å². The van der Waals surface area contributed by atoms with Crippen LogP contribution in [0.25, 0.3) is 0 Å². The van der Waals surface area contributed by atoms with Crippen molar-refractivity contribution in [1.29, 1.82) is 0 Å². The molecule has 0 spiro atoms. The summed E-state index contributed by atoms with van der Waals surface area (Å²) in [7, 11) is 0. The molecule has 1 saturated heterocycles. The van der Waals surface area contributed by atoms with Gasteiger partial charge in [-0.3, -0.25) is 19.7 Å². The van der Waals surface area contributed by atoms with Gasteiger partial charge in [0, 0.05) is 11.6 Å². The highest BCUT2D eigenvalue weighted by Crippen LogP contribution is 2.53. The van der Waals surface area contributed by atoms with Gasteiger partial charge in [-0.1, -0.05) is 18.2 Å². The van der Waals surface area contributed by atoms with Crippen molar-refractivity contribution in [3.63, 3.8) is 0 Å². The van der Waals surface area contributed by atoms with Gasteiger partial charge in [0.05, 0.1) is 22.4 Å². The maximum atomic E-state index is 12.7. The fourth-order valence-electron chi connectivity index (χ4n) is 4.09. The number of aryl methyl sites for hydroxylation is 1. The monoisotopic (exact) mass is 298 g/mol. The van der Waals surface area contributed by atoms with E-state index in [9.17, 15) is 19.7 Å². The second-order valence-electron chi connectivity index (χ2n) is 6.24. The van der Waals surface area contributed by atoms with Crippen molar-refractivity contribution in [1.82, 2.24) is 0 Å². The van der Waals surface area contributed by atoms with E-state index in [-0.39, 0.29) is 41.2 Å². The molecule has 6 nitrogen and oxygen atoms in total. The summed E-state index contributed by atoms with van der Waals surface area (Å²) in [5, 5.41) is 11.1. The van der Waals surface area contributed by atoms with Crippen LogP contribution in [-0.4, -0.2) is 16.7 Å². The summed E-state index contributed by atoms with van der Waals surface area (Å²) >= 11 is 0. The first-order chi connectivity index (χ1) is 10.5. The van der Waals surface area contributed by atoms with Crippen LogP contribution in [0.3, 0.4) is 0 Å². The van der Waals surface area contributed by atoms with E-state index >= 15 is 0 Å². The first-order valence-corrected chi connectivity index (χ1v) is 7.30. The van der Waals surface area contributed by atoms with Gasteiger partial charge in [-0.05, 0) is 31.2 Å². The van der Waals surface area contributed by atoms with Crippen LogP contribution in [0.1, 0.15) is 12.0 Å². The fraction of sp³-hybridized carbons (Fsp3) is 0.375. The second kappa shape index (κ2) is 4.25. The zero-order valence-corrected chi connectivity index (χ0v) is 11.9. The number of rotatable bonds is 2. The fourth-order valence-corrected chi connectivity index (χ4v) is 4.09. The molecular formula is C16H14N2O4. The standard InChI is InChI=1S/C16H14N2O4/c1-8-2-5-11(7-12(8)18(21)22)17-15(19)13-9-3-4-10(6-9)14(13)16(17)20/h2-5,7,9-10,13-14H,6H2,1H3/t9-,10-,13+,14+/m1/s1. The predicted molar refractivity (Wildman–Crippen MR) is 78.0 cm³/mol. The Balaban J connectivity index is 1.76. The van der Waals surface area contributed by atoms with E-state index in [1.165, 1.54) is 6.07 Å². The third-order valence-electron chi connectivity index (χ3n) is 5.12. The normalized spacial score (nSPS) is 32.0. The third kappa shape index (κ3) is 1.55. The minimum Gasteiger partial charge on any atom is -0.274 e. The van der Waals surface area contributed by atoms with Crippen molar-refractivity contribution >= 4 is 23.2 Å². The number of nitrogens with zero attached hydrogens (tertiary/aromatic N) is 2. The van der Waals surface area contributed by atoms with Crippen LogP contribution in [0.15, 0.2) is 30.4 Å². The van der Waals surface area contributed by atoms with Gasteiger partial charge >= 0.3 is 0 Å². The molecule has 1 aromatic rings. The number of hydrogen-bond acceptors (Lipinski definition) is 4. The predicted octanol–water partition coefficient (Wildman–Crippen LogP) is 2.21. The van der Waals surface area contributed by atoms with Crippen LogP contribution < -0.4 is 4.90 Å². The number of amides is 2. The average molecular weight is 298 g/mol. The summed E-state index contributed by atoms with van der Waals surface area (Å²) in [6.45, 7) is 1.63. The van der Waals surface area contributed by atoms with Gasteiger partial charge in [0.25, 0.3) is 5.69 Å². The molecule has 0 radical (unpaired) electrons. The van der Waals surface area contributed by atoms with E-state index in [2.05, 4.69) is 0 Å². The van der Waals surface area contributed by atoms with E-state index in [0.29, 0.717) is 11.3 Å². The molecule has 6 heteroatoms. The van der Waals surface area contributed by atoms with Gasteiger partial charge in [0.2, 0.25) is 11.8 Å². The Morgan fingerprint density at radius 1 is 1.14 bits per heavy atom. The van der Waals surface area contributed by atoms with E-state index in [1.807, 2.05) is 12.2 Å². The highest BCUT2D eigenvalue weighted by atomic mass is 16.6. The molecule has 112 valence electrons. The summed E-state index contributed by atoms with van der Waals surface area (Å²) in [6.07, 6.45) is 4.92. The molecule has 4 atom stereocenters. The van der Waals surface area contributed by atoms with Crippen molar-refractivity contribution in [2.75, 3.05) is 4.90 Å². The number of nitro groups is 1. The minimum absolute atomic E-state index is 0.0729. The van der Waals surface area contributed by atoms with Crippen molar-refractivity contribution in [2.45, 2.75) is 13.3 Å². The molecule has 22 heavy (non-hydrogen) atoms. The Kier molecular flexibility index (Phi) is 2.55. The summed E-state index contributed by atoms with van der Waals surface area (Å²) in [5.74, 6) is -0.741. The molecule has 4 rings (SSSR count). The van der Waals surface area contributed by atoms with Crippen LogP contribution in [-0.2, 0) is 9.59 Å². The number of carbonyl (C=O) groups is 2. The average Bonchev–Trinajstić information content (AvgIpc) is 3.14. The molecule has 2 aliphatic carbocycles. The molecule has 2 fully saturated rings. The molecule has 1 aromatic carbocycles. The van der Waals surface area contributed by atoms with Crippen molar-refractivity contribution < 1.29 is 14.5 Å². The third-order valence-corrected chi connectivity index (χ3v) is 5.12. The van der Waals surface area contributed by atoms with Gasteiger partial charge in [-0.2, -0.15) is 0 Å². The van der Waals surface area contributed by atoms with Gasteiger partial charge in [0.1, 0.15) is 0 Å². The van der Waals surface area contributed by atoms with Crippen LogP contribution in [0.5, 0.6) is 0 Å². The van der Waals surface area contributed by atoms with Crippen LogP contribution in [0.4, 0.5) is 11.4 Å². The molecule has 3 aliphatic rings. The molecule has 0 aromatic heterocycles. The Morgan fingerprint density at radius 2 is 1.73 bits per heavy atom. The van der Waals surface area contributed by atoms with Crippen LogP contribution in [0, 0.1) is 40.7 Å². The number of carbonyl (C=O) groups excluding carboxylic acids is 2. The van der Waals surface area contributed by atoms with Gasteiger partial charge in [-0.15, -0.1) is 0 Å². The smallest absolute Gasteiger partial charge is 0.274 e. The summed E-state index contributed by atoms with van der Waals surface area (Å²) in [6, 6.07) is 4.50.